The number of sulfonamides is 1. The minimum atomic E-state index is -3.63. The predicted molar refractivity (Wildman–Crippen MR) is 85.9 cm³/mol. The smallest absolute Gasteiger partial charge is 0.240 e. The first-order valence-corrected chi connectivity index (χ1v) is 8.22. The van der Waals surface area contributed by atoms with Crippen LogP contribution in [0.1, 0.15) is 26.3 Å². The van der Waals surface area contributed by atoms with E-state index in [9.17, 15) is 8.42 Å². The van der Waals surface area contributed by atoms with E-state index in [-0.39, 0.29) is 30.0 Å². The molecule has 1 aliphatic rings. The Morgan fingerprint density at radius 1 is 1.48 bits per heavy atom. The van der Waals surface area contributed by atoms with Crippen LogP contribution in [0.15, 0.2) is 17.0 Å². The molecule has 1 aromatic rings. The van der Waals surface area contributed by atoms with E-state index >= 15 is 0 Å². The quantitative estimate of drug-likeness (QED) is 0.867. The van der Waals surface area contributed by atoms with E-state index in [1.165, 1.54) is 6.07 Å². The van der Waals surface area contributed by atoms with Crippen LogP contribution in [0, 0.1) is 0 Å². The van der Waals surface area contributed by atoms with E-state index in [2.05, 4.69) is 4.72 Å². The molecule has 0 bridgehead atoms. The summed E-state index contributed by atoms with van der Waals surface area (Å²) in [6.45, 7) is 5.57. The molecule has 0 saturated carbocycles. The fourth-order valence-electron chi connectivity index (χ4n) is 1.98. The summed E-state index contributed by atoms with van der Waals surface area (Å²) >= 11 is 6.09. The Labute approximate surface area is 136 Å². The Bertz CT molecular complexity index is 627. The fraction of sp³-hybridized carbons (Fsp3) is 0.538. The zero-order valence-corrected chi connectivity index (χ0v) is 14.5. The molecular formula is C13H20Cl2N2O3S. The molecule has 120 valence electrons. The first kappa shape index (κ1) is 18.5. The average Bonchev–Trinajstić information content (AvgIpc) is 2.67. The largest absolute Gasteiger partial charge is 0.489 e. The number of halogens is 2. The van der Waals surface area contributed by atoms with Gasteiger partial charge in [0.15, 0.2) is 0 Å². The van der Waals surface area contributed by atoms with Crippen molar-refractivity contribution in [2.45, 2.75) is 43.7 Å². The monoisotopic (exact) mass is 354 g/mol. The van der Waals surface area contributed by atoms with Crippen LogP contribution < -0.4 is 15.2 Å². The van der Waals surface area contributed by atoms with Crippen molar-refractivity contribution >= 4 is 34.0 Å². The Morgan fingerprint density at radius 2 is 2.10 bits per heavy atom. The molecule has 2 rings (SSSR count). The normalized spacial score (nSPS) is 17.9. The number of nitrogens with two attached hydrogens (primary N) is 1. The molecule has 0 spiro atoms. The number of rotatable bonds is 4. The Kier molecular flexibility index (Phi) is 5.56. The van der Waals surface area contributed by atoms with Gasteiger partial charge in [-0.3, -0.25) is 0 Å². The number of hydrogen-bond donors (Lipinski definition) is 2. The first-order chi connectivity index (χ1) is 9.08. The van der Waals surface area contributed by atoms with Crippen LogP contribution in [0.3, 0.4) is 0 Å². The minimum Gasteiger partial charge on any atom is -0.489 e. The number of benzene rings is 1. The highest BCUT2D eigenvalue weighted by Gasteiger charge is 2.26. The van der Waals surface area contributed by atoms with E-state index in [0.29, 0.717) is 17.2 Å². The van der Waals surface area contributed by atoms with Gasteiger partial charge >= 0.3 is 0 Å². The maximum absolute atomic E-state index is 12.2. The Morgan fingerprint density at radius 3 is 2.67 bits per heavy atom. The van der Waals surface area contributed by atoms with Gasteiger partial charge in [-0.2, -0.15) is 0 Å². The third-order valence-electron chi connectivity index (χ3n) is 2.95. The lowest BCUT2D eigenvalue weighted by atomic mass is 10.1. The first-order valence-electron chi connectivity index (χ1n) is 6.36. The second-order valence-corrected chi connectivity index (χ2v) is 8.01. The van der Waals surface area contributed by atoms with Crippen molar-refractivity contribution < 1.29 is 13.2 Å². The second kappa shape index (κ2) is 6.30. The SMILES string of the molecule is CC1Cc2cc(S(=O)(=O)NCC(C)(C)N)cc(Cl)c2O1.Cl. The molecule has 1 unspecified atom stereocenters. The van der Waals surface area contributed by atoms with Crippen molar-refractivity contribution in [3.05, 3.63) is 22.7 Å². The third kappa shape index (κ3) is 4.47. The highest BCUT2D eigenvalue weighted by Crippen LogP contribution is 2.37. The molecule has 5 nitrogen and oxygen atoms in total. The number of nitrogens with one attached hydrogen (secondary N) is 1. The molecule has 1 atom stereocenters. The molecule has 1 aliphatic heterocycles. The lowest BCUT2D eigenvalue weighted by Crippen LogP contribution is -2.45. The molecule has 0 saturated heterocycles. The zero-order valence-electron chi connectivity index (χ0n) is 12.1. The van der Waals surface area contributed by atoms with Crippen molar-refractivity contribution in [1.82, 2.24) is 4.72 Å². The van der Waals surface area contributed by atoms with Gasteiger partial charge < -0.3 is 10.5 Å². The van der Waals surface area contributed by atoms with Crippen LogP contribution in [0.4, 0.5) is 0 Å². The van der Waals surface area contributed by atoms with E-state index in [1.54, 1.807) is 19.9 Å². The molecule has 3 N–H and O–H groups in total. The van der Waals surface area contributed by atoms with Gasteiger partial charge in [0, 0.05) is 24.1 Å². The van der Waals surface area contributed by atoms with Gasteiger partial charge in [0.05, 0.1) is 9.92 Å². The summed E-state index contributed by atoms with van der Waals surface area (Å²) in [6.07, 6.45) is 0.664. The third-order valence-corrected chi connectivity index (χ3v) is 4.61. The summed E-state index contributed by atoms with van der Waals surface area (Å²) in [7, 11) is -3.63. The van der Waals surface area contributed by atoms with Crippen LogP contribution in [-0.2, 0) is 16.4 Å². The zero-order chi connectivity index (χ0) is 15.1. The lowest BCUT2D eigenvalue weighted by molar-refractivity contribution is 0.255. The number of hydrogen-bond acceptors (Lipinski definition) is 4. The summed E-state index contributed by atoms with van der Waals surface area (Å²) in [5.41, 5.74) is 5.98. The van der Waals surface area contributed by atoms with Crippen LogP contribution >= 0.6 is 24.0 Å². The van der Waals surface area contributed by atoms with Crippen molar-refractivity contribution in [2.75, 3.05) is 6.54 Å². The predicted octanol–water partition coefficient (Wildman–Crippen LogP) is 2.10. The standard InChI is InChI=1S/C13H19ClN2O3S.ClH/c1-8-4-9-5-10(6-11(14)12(9)19-8)20(17,18)16-7-13(2,3)15;/h5-6,8,16H,4,7,15H2,1-3H3;1H. The van der Waals surface area contributed by atoms with Crippen molar-refractivity contribution in [3.8, 4) is 5.75 Å². The molecule has 1 aromatic carbocycles. The molecule has 0 aliphatic carbocycles. The summed E-state index contributed by atoms with van der Waals surface area (Å²) in [5, 5.41) is 0.319. The second-order valence-electron chi connectivity index (χ2n) is 5.84. The Hall–Kier alpha value is -0.530. The van der Waals surface area contributed by atoms with Gasteiger partial charge in [0.25, 0.3) is 0 Å². The summed E-state index contributed by atoms with van der Waals surface area (Å²) in [6, 6.07) is 3.01. The Balaban J connectivity index is 0.00000220. The van der Waals surface area contributed by atoms with E-state index in [1.807, 2.05) is 6.92 Å². The number of fused-ring (bicyclic) bond motifs is 1. The van der Waals surface area contributed by atoms with Gasteiger partial charge in [0.1, 0.15) is 11.9 Å². The van der Waals surface area contributed by atoms with Crippen LogP contribution in [0.25, 0.3) is 0 Å². The average molecular weight is 355 g/mol. The molecule has 21 heavy (non-hydrogen) atoms. The topological polar surface area (TPSA) is 81.4 Å². The summed E-state index contributed by atoms with van der Waals surface area (Å²) < 4.78 is 32.5. The maximum Gasteiger partial charge on any atom is 0.240 e. The summed E-state index contributed by atoms with van der Waals surface area (Å²) in [4.78, 5) is 0.142. The van der Waals surface area contributed by atoms with Crippen molar-refractivity contribution in [1.29, 1.82) is 0 Å². The highest BCUT2D eigenvalue weighted by molar-refractivity contribution is 7.89. The fourth-order valence-corrected chi connectivity index (χ4v) is 3.63. The minimum absolute atomic E-state index is 0. The van der Waals surface area contributed by atoms with Gasteiger partial charge in [-0.05, 0) is 32.9 Å². The number of ether oxygens (including phenoxy) is 1. The highest BCUT2D eigenvalue weighted by atomic mass is 35.5. The van der Waals surface area contributed by atoms with Gasteiger partial charge in [-0.15, -0.1) is 12.4 Å². The molecule has 0 radical (unpaired) electrons. The van der Waals surface area contributed by atoms with E-state index in [4.69, 9.17) is 22.1 Å². The molecule has 0 aromatic heterocycles. The molecule has 0 amide bonds. The molecular weight excluding hydrogens is 335 g/mol. The lowest BCUT2D eigenvalue weighted by Gasteiger charge is -2.19. The van der Waals surface area contributed by atoms with E-state index < -0.39 is 15.6 Å². The maximum atomic E-state index is 12.2. The molecule has 8 heteroatoms. The van der Waals surface area contributed by atoms with E-state index in [0.717, 1.165) is 5.56 Å². The van der Waals surface area contributed by atoms with Crippen LogP contribution in [-0.4, -0.2) is 26.6 Å². The molecule has 0 fully saturated rings. The van der Waals surface area contributed by atoms with Gasteiger partial charge in [-0.1, -0.05) is 11.6 Å². The van der Waals surface area contributed by atoms with Gasteiger partial charge in [-0.25, -0.2) is 13.1 Å². The van der Waals surface area contributed by atoms with Crippen molar-refractivity contribution in [3.63, 3.8) is 0 Å². The van der Waals surface area contributed by atoms with Crippen LogP contribution in [0.5, 0.6) is 5.75 Å². The summed E-state index contributed by atoms with van der Waals surface area (Å²) in [5.74, 6) is 0.581. The van der Waals surface area contributed by atoms with Crippen LogP contribution in [0.2, 0.25) is 5.02 Å². The van der Waals surface area contributed by atoms with Crippen molar-refractivity contribution in [2.24, 2.45) is 5.73 Å². The molecule has 1 heterocycles. The van der Waals surface area contributed by atoms with Gasteiger partial charge in [0.2, 0.25) is 10.0 Å².